The summed E-state index contributed by atoms with van der Waals surface area (Å²) in [7, 11) is 3.14. The molecule has 1 aromatic rings. The van der Waals surface area contributed by atoms with Crippen LogP contribution in [0.4, 0.5) is 4.39 Å². The summed E-state index contributed by atoms with van der Waals surface area (Å²) in [6, 6.07) is 3.34. The van der Waals surface area contributed by atoms with Gasteiger partial charge in [-0.25, -0.2) is 0 Å². The number of rotatable bonds is 5. The van der Waals surface area contributed by atoms with Crippen LogP contribution in [0.2, 0.25) is 0 Å². The van der Waals surface area contributed by atoms with E-state index in [9.17, 15) is 4.39 Å². The van der Waals surface area contributed by atoms with Gasteiger partial charge in [-0.05, 0) is 31.0 Å². The van der Waals surface area contributed by atoms with E-state index in [-0.39, 0.29) is 6.42 Å². The second kappa shape index (κ2) is 5.70. The summed E-state index contributed by atoms with van der Waals surface area (Å²) in [6.07, 6.45) is 0.260. The van der Waals surface area contributed by atoms with Gasteiger partial charge in [0.15, 0.2) is 0 Å². The van der Waals surface area contributed by atoms with Gasteiger partial charge in [-0.1, -0.05) is 0 Å². The summed E-state index contributed by atoms with van der Waals surface area (Å²) < 4.78 is 22.8. The maximum absolute atomic E-state index is 12.3. The summed E-state index contributed by atoms with van der Waals surface area (Å²) in [4.78, 5) is 0. The van der Waals surface area contributed by atoms with Gasteiger partial charge in [0.05, 0.1) is 26.5 Å². The lowest BCUT2D eigenvalue weighted by molar-refractivity contribution is 0.368. The fourth-order valence-electron chi connectivity index (χ4n) is 1.70. The molecule has 1 aromatic carbocycles. The summed E-state index contributed by atoms with van der Waals surface area (Å²) >= 11 is 0. The predicted molar refractivity (Wildman–Crippen MR) is 61.8 cm³/mol. The maximum Gasteiger partial charge on any atom is 0.127 e. The molecule has 16 heavy (non-hydrogen) atoms. The smallest absolute Gasteiger partial charge is 0.127 e. The first-order chi connectivity index (χ1) is 7.63. The first-order valence-corrected chi connectivity index (χ1v) is 5.18. The summed E-state index contributed by atoms with van der Waals surface area (Å²) in [5.74, 6) is 1.30. The van der Waals surface area contributed by atoms with E-state index in [1.165, 1.54) is 0 Å². The topological polar surface area (TPSA) is 44.5 Å². The number of halogens is 1. The van der Waals surface area contributed by atoms with Gasteiger partial charge in [-0.2, -0.15) is 0 Å². The van der Waals surface area contributed by atoms with E-state index in [0.29, 0.717) is 11.5 Å². The third-order valence-corrected chi connectivity index (χ3v) is 2.48. The highest BCUT2D eigenvalue weighted by Crippen LogP contribution is 2.35. The normalized spacial score (nSPS) is 12.3. The zero-order chi connectivity index (χ0) is 12.1. The first kappa shape index (κ1) is 12.8. The van der Waals surface area contributed by atoms with Crippen molar-refractivity contribution < 1.29 is 13.9 Å². The van der Waals surface area contributed by atoms with E-state index in [4.69, 9.17) is 15.2 Å². The molecule has 0 aliphatic heterocycles. The van der Waals surface area contributed by atoms with Gasteiger partial charge in [0.2, 0.25) is 0 Å². The molecule has 2 N–H and O–H groups in total. The van der Waals surface area contributed by atoms with Crippen LogP contribution in [0.1, 0.15) is 23.6 Å². The number of aryl methyl sites for hydroxylation is 1. The molecule has 0 bridgehead atoms. The van der Waals surface area contributed by atoms with Crippen molar-refractivity contribution in [2.45, 2.75) is 19.4 Å². The van der Waals surface area contributed by atoms with Crippen LogP contribution in [0.15, 0.2) is 12.1 Å². The fraction of sp³-hybridized carbons (Fsp3) is 0.500. The molecular formula is C12H18FNO2. The second-order valence-corrected chi connectivity index (χ2v) is 3.67. The highest BCUT2D eigenvalue weighted by Gasteiger charge is 2.18. The van der Waals surface area contributed by atoms with E-state index in [1.807, 2.05) is 19.1 Å². The van der Waals surface area contributed by atoms with E-state index in [1.54, 1.807) is 14.2 Å². The predicted octanol–water partition coefficient (Wildman–Crippen LogP) is 2.37. The van der Waals surface area contributed by atoms with Crippen LogP contribution in [0.5, 0.6) is 11.5 Å². The maximum atomic E-state index is 12.3. The lowest BCUT2D eigenvalue weighted by Crippen LogP contribution is -2.14. The number of methoxy groups -OCH3 is 2. The molecule has 0 aromatic heterocycles. The Morgan fingerprint density at radius 3 is 2.12 bits per heavy atom. The molecule has 0 aliphatic rings. The van der Waals surface area contributed by atoms with E-state index < -0.39 is 12.7 Å². The van der Waals surface area contributed by atoms with E-state index in [0.717, 1.165) is 11.1 Å². The van der Waals surface area contributed by atoms with Crippen LogP contribution in [0.25, 0.3) is 0 Å². The Kier molecular flexibility index (Phi) is 4.55. The molecule has 1 atom stereocenters. The average Bonchev–Trinajstić information content (AvgIpc) is 2.27. The number of alkyl halides is 1. The number of ether oxygens (including phenoxy) is 2. The summed E-state index contributed by atoms with van der Waals surface area (Å²) in [5.41, 5.74) is 7.66. The zero-order valence-corrected chi connectivity index (χ0v) is 9.92. The van der Waals surface area contributed by atoms with Crippen LogP contribution in [-0.2, 0) is 0 Å². The van der Waals surface area contributed by atoms with Gasteiger partial charge in [-0.15, -0.1) is 0 Å². The highest BCUT2D eigenvalue weighted by molar-refractivity contribution is 5.49. The van der Waals surface area contributed by atoms with Gasteiger partial charge in [0.1, 0.15) is 11.5 Å². The van der Waals surface area contributed by atoms with Gasteiger partial charge in [-0.3, -0.25) is 4.39 Å². The molecule has 0 saturated carbocycles. The van der Waals surface area contributed by atoms with Gasteiger partial charge < -0.3 is 15.2 Å². The fourth-order valence-corrected chi connectivity index (χ4v) is 1.70. The van der Waals surface area contributed by atoms with Crippen molar-refractivity contribution in [3.8, 4) is 11.5 Å². The SMILES string of the molecule is COc1cc(C)cc(OC)c1[C@@H](N)CCF. The monoisotopic (exact) mass is 227 g/mol. The molecule has 0 radical (unpaired) electrons. The highest BCUT2D eigenvalue weighted by atomic mass is 19.1. The molecular weight excluding hydrogens is 209 g/mol. The molecule has 0 heterocycles. The van der Waals surface area contributed by atoms with E-state index >= 15 is 0 Å². The molecule has 0 unspecified atom stereocenters. The minimum absolute atomic E-state index is 0.260. The van der Waals surface area contributed by atoms with Crippen LogP contribution >= 0.6 is 0 Å². The standard InChI is InChI=1S/C12H18FNO2/c1-8-6-10(15-2)12(9(14)4-5-13)11(7-8)16-3/h6-7,9H,4-5,14H2,1-3H3/t9-/m0/s1. The number of nitrogens with two attached hydrogens (primary N) is 1. The van der Waals surface area contributed by atoms with Crippen LogP contribution < -0.4 is 15.2 Å². The van der Waals surface area contributed by atoms with Crippen LogP contribution in [0.3, 0.4) is 0 Å². The largest absolute Gasteiger partial charge is 0.496 e. The Balaban J connectivity index is 3.21. The van der Waals surface area contributed by atoms with Crippen molar-refractivity contribution in [3.05, 3.63) is 23.3 Å². The Hall–Kier alpha value is -1.29. The van der Waals surface area contributed by atoms with Crippen molar-refractivity contribution in [1.29, 1.82) is 0 Å². The molecule has 0 fully saturated rings. The molecule has 4 heteroatoms. The van der Waals surface area contributed by atoms with Crippen molar-refractivity contribution in [2.24, 2.45) is 5.73 Å². The van der Waals surface area contributed by atoms with Crippen molar-refractivity contribution >= 4 is 0 Å². The van der Waals surface area contributed by atoms with E-state index in [2.05, 4.69) is 0 Å². The number of hydrogen-bond acceptors (Lipinski definition) is 3. The quantitative estimate of drug-likeness (QED) is 0.839. The lowest BCUT2D eigenvalue weighted by atomic mass is 10.0. The van der Waals surface area contributed by atoms with Gasteiger partial charge in [0, 0.05) is 6.04 Å². The molecule has 1 rings (SSSR count). The molecule has 0 saturated heterocycles. The van der Waals surface area contributed by atoms with Crippen molar-refractivity contribution in [2.75, 3.05) is 20.9 Å². The Bertz CT molecular complexity index is 330. The minimum atomic E-state index is -0.457. The molecule has 0 spiro atoms. The molecule has 90 valence electrons. The first-order valence-electron chi connectivity index (χ1n) is 5.18. The van der Waals surface area contributed by atoms with Crippen LogP contribution in [-0.4, -0.2) is 20.9 Å². The van der Waals surface area contributed by atoms with Gasteiger partial charge >= 0.3 is 0 Å². The Morgan fingerprint density at radius 2 is 1.75 bits per heavy atom. The molecule has 3 nitrogen and oxygen atoms in total. The zero-order valence-electron chi connectivity index (χ0n) is 9.92. The third-order valence-electron chi connectivity index (χ3n) is 2.48. The average molecular weight is 227 g/mol. The summed E-state index contributed by atoms with van der Waals surface area (Å²) in [6.45, 7) is 1.48. The third kappa shape index (κ3) is 2.64. The number of benzene rings is 1. The summed E-state index contributed by atoms with van der Waals surface area (Å²) in [5, 5.41) is 0. The lowest BCUT2D eigenvalue weighted by Gasteiger charge is -2.18. The van der Waals surface area contributed by atoms with Crippen LogP contribution in [0, 0.1) is 6.92 Å². The Morgan fingerprint density at radius 1 is 1.25 bits per heavy atom. The number of hydrogen-bond donors (Lipinski definition) is 1. The minimum Gasteiger partial charge on any atom is -0.496 e. The van der Waals surface area contributed by atoms with Gasteiger partial charge in [0.25, 0.3) is 0 Å². The molecule has 0 amide bonds. The van der Waals surface area contributed by atoms with Crippen molar-refractivity contribution in [1.82, 2.24) is 0 Å². The Labute approximate surface area is 95.4 Å². The van der Waals surface area contributed by atoms with Crippen molar-refractivity contribution in [3.63, 3.8) is 0 Å². The second-order valence-electron chi connectivity index (χ2n) is 3.67. The molecule has 0 aliphatic carbocycles.